The predicted octanol–water partition coefficient (Wildman–Crippen LogP) is 1.72. The maximum Gasteiger partial charge on any atom is 0.236 e. The highest BCUT2D eigenvalue weighted by molar-refractivity contribution is 5.77. The van der Waals surface area contributed by atoms with Gasteiger partial charge >= 0.3 is 0 Å². The molecular weight excluding hydrogens is 262 g/mol. The topological polar surface area (TPSA) is 35.6 Å². The molecule has 1 saturated heterocycles. The molecule has 0 spiro atoms. The average Bonchev–Trinajstić information content (AvgIpc) is 2.54. The maximum atomic E-state index is 11.8. The van der Waals surface area contributed by atoms with Crippen LogP contribution in [0.4, 0.5) is 0 Å². The van der Waals surface area contributed by atoms with Gasteiger partial charge in [0, 0.05) is 26.2 Å². The zero-order valence-corrected chi connectivity index (χ0v) is 13.2. The summed E-state index contributed by atoms with van der Waals surface area (Å²) in [6.07, 6.45) is 2.24. The molecule has 4 nitrogen and oxygen atoms in total. The molecule has 0 bridgehead atoms. The number of rotatable bonds is 6. The van der Waals surface area contributed by atoms with Crippen molar-refractivity contribution in [2.75, 3.05) is 33.2 Å². The Bertz CT molecular complexity index is 427. The Morgan fingerprint density at radius 2 is 1.95 bits per heavy atom. The molecule has 0 aliphatic carbocycles. The lowest BCUT2D eigenvalue weighted by Gasteiger charge is -2.32. The molecule has 1 aliphatic heterocycles. The number of carbonyl (C=O) groups excluding carboxylic acids is 1. The lowest BCUT2D eigenvalue weighted by Crippen LogP contribution is -2.45. The number of likely N-dealkylation sites (tertiary alicyclic amines) is 1. The van der Waals surface area contributed by atoms with E-state index < -0.39 is 0 Å². The van der Waals surface area contributed by atoms with E-state index in [9.17, 15) is 4.79 Å². The molecule has 0 unspecified atom stereocenters. The molecule has 1 aliphatic rings. The van der Waals surface area contributed by atoms with Crippen LogP contribution < -0.4 is 5.32 Å². The van der Waals surface area contributed by atoms with Crippen molar-refractivity contribution in [3.8, 4) is 0 Å². The normalized spacial score (nSPS) is 16.9. The number of nitrogens with one attached hydrogen (secondary N) is 1. The summed E-state index contributed by atoms with van der Waals surface area (Å²) in [5, 5.41) is 3.40. The van der Waals surface area contributed by atoms with E-state index in [2.05, 4.69) is 40.5 Å². The molecule has 4 heteroatoms. The van der Waals surface area contributed by atoms with Gasteiger partial charge in [-0.25, -0.2) is 0 Å². The van der Waals surface area contributed by atoms with Crippen molar-refractivity contribution in [1.82, 2.24) is 15.1 Å². The summed E-state index contributed by atoms with van der Waals surface area (Å²) in [6.45, 7) is 6.48. The van der Waals surface area contributed by atoms with Gasteiger partial charge in [0.25, 0.3) is 0 Å². The third kappa shape index (κ3) is 5.14. The van der Waals surface area contributed by atoms with Crippen LogP contribution in [0.15, 0.2) is 30.3 Å². The second-order valence-corrected chi connectivity index (χ2v) is 5.82. The summed E-state index contributed by atoms with van der Waals surface area (Å²) >= 11 is 0. The zero-order chi connectivity index (χ0) is 15.1. The van der Waals surface area contributed by atoms with E-state index in [1.807, 2.05) is 14.0 Å². The summed E-state index contributed by atoms with van der Waals surface area (Å²) in [7, 11) is 1.85. The number of likely N-dealkylation sites (N-methyl/N-ethyl adjacent to an activating group) is 1. The standard InChI is InChI=1S/C17H27N3O/c1-3-19(2)17(21)13-18-16-9-11-20(12-10-16)14-15-7-5-4-6-8-15/h4-8,16,18H,3,9-14H2,1-2H3. The van der Waals surface area contributed by atoms with E-state index in [0.29, 0.717) is 12.6 Å². The van der Waals surface area contributed by atoms with Crippen LogP contribution in [0, 0.1) is 0 Å². The highest BCUT2D eigenvalue weighted by Gasteiger charge is 2.19. The van der Waals surface area contributed by atoms with Gasteiger partial charge in [-0.15, -0.1) is 0 Å². The first-order valence-electron chi connectivity index (χ1n) is 7.92. The highest BCUT2D eigenvalue weighted by atomic mass is 16.2. The van der Waals surface area contributed by atoms with Crippen molar-refractivity contribution in [2.24, 2.45) is 0 Å². The Labute approximate surface area is 128 Å². The molecular formula is C17H27N3O. The lowest BCUT2D eigenvalue weighted by molar-refractivity contribution is -0.128. The van der Waals surface area contributed by atoms with Crippen LogP contribution in [-0.2, 0) is 11.3 Å². The lowest BCUT2D eigenvalue weighted by atomic mass is 10.0. The second-order valence-electron chi connectivity index (χ2n) is 5.82. The Morgan fingerprint density at radius 3 is 2.57 bits per heavy atom. The smallest absolute Gasteiger partial charge is 0.236 e. The number of hydrogen-bond donors (Lipinski definition) is 1. The molecule has 0 radical (unpaired) electrons. The molecule has 1 amide bonds. The first-order valence-corrected chi connectivity index (χ1v) is 7.92. The summed E-state index contributed by atoms with van der Waals surface area (Å²) in [5.41, 5.74) is 1.38. The molecule has 1 aromatic rings. The fourth-order valence-electron chi connectivity index (χ4n) is 2.68. The molecule has 1 N–H and O–H groups in total. The number of hydrogen-bond acceptors (Lipinski definition) is 3. The first-order chi connectivity index (χ1) is 10.2. The van der Waals surface area contributed by atoms with Gasteiger partial charge < -0.3 is 10.2 Å². The molecule has 0 atom stereocenters. The number of amides is 1. The van der Waals surface area contributed by atoms with Crippen molar-refractivity contribution in [3.63, 3.8) is 0 Å². The van der Waals surface area contributed by atoms with Crippen molar-refractivity contribution in [3.05, 3.63) is 35.9 Å². The number of carbonyl (C=O) groups is 1. The van der Waals surface area contributed by atoms with Crippen LogP contribution in [0.3, 0.4) is 0 Å². The van der Waals surface area contributed by atoms with Gasteiger partial charge in [-0.3, -0.25) is 9.69 Å². The van der Waals surface area contributed by atoms with Crippen molar-refractivity contribution in [2.45, 2.75) is 32.4 Å². The van der Waals surface area contributed by atoms with Gasteiger partial charge in [0.2, 0.25) is 5.91 Å². The monoisotopic (exact) mass is 289 g/mol. The predicted molar refractivity (Wildman–Crippen MR) is 86.1 cm³/mol. The van der Waals surface area contributed by atoms with Crippen LogP contribution in [0.25, 0.3) is 0 Å². The molecule has 2 rings (SSSR count). The first kappa shape index (κ1) is 16.0. The molecule has 1 heterocycles. The van der Waals surface area contributed by atoms with Crippen molar-refractivity contribution in [1.29, 1.82) is 0 Å². The molecule has 1 fully saturated rings. The Morgan fingerprint density at radius 1 is 1.29 bits per heavy atom. The minimum atomic E-state index is 0.184. The van der Waals surface area contributed by atoms with Crippen molar-refractivity contribution < 1.29 is 4.79 Å². The van der Waals surface area contributed by atoms with Gasteiger partial charge in [-0.1, -0.05) is 30.3 Å². The second kappa shape index (κ2) is 8.15. The largest absolute Gasteiger partial charge is 0.345 e. The van der Waals surface area contributed by atoms with E-state index in [0.717, 1.165) is 39.0 Å². The number of piperidine rings is 1. The summed E-state index contributed by atoms with van der Waals surface area (Å²) in [4.78, 5) is 16.0. The Kier molecular flexibility index (Phi) is 6.21. The van der Waals surface area contributed by atoms with Gasteiger partial charge in [0.05, 0.1) is 6.54 Å². The number of benzene rings is 1. The minimum Gasteiger partial charge on any atom is -0.345 e. The third-order valence-corrected chi connectivity index (χ3v) is 4.28. The van der Waals surface area contributed by atoms with Gasteiger partial charge in [-0.2, -0.15) is 0 Å². The summed E-state index contributed by atoms with van der Waals surface area (Å²) in [6, 6.07) is 11.1. The Hall–Kier alpha value is -1.39. The molecule has 1 aromatic carbocycles. The van der Waals surface area contributed by atoms with E-state index in [1.165, 1.54) is 5.56 Å². The number of nitrogens with zero attached hydrogens (tertiary/aromatic N) is 2. The molecule has 116 valence electrons. The van der Waals surface area contributed by atoms with Gasteiger partial charge in [-0.05, 0) is 38.4 Å². The van der Waals surface area contributed by atoms with Gasteiger partial charge in [0.15, 0.2) is 0 Å². The summed E-state index contributed by atoms with van der Waals surface area (Å²) < 4.78 is 0. The van der Waals surface area contributed by atoms with Gasteiger partial charge in [0.1, 0.15) is 0 Å². The van der Waals surface area contributed by atoms with E-state index in [1.54, 1.807) is 4.90 Å². The van der Waals surface area contributed by atoms with Crippen LogP contribution in [0.2, 0.25) is 0 Å². The van der Waals surface area contributed by atoms with E-state index >= 15 is 0 Å². The van der Waals surface area contributed by atoms with Crippen LogP contribution in [0.5, 0.6) is 0 Å². The van der Waals surface area contributed by atoms with E-state index in [-0.39, 0.29) is 5.91 Å². The molecule has 0 aromatic heterocycles. The highest BCUT2D eigenvalue weighted by Crippen LogP contribution is 2.13. The van der Waals surface area contributed by atoms with Crippen LogP contribution in [0.1, 0.15) is 25.3 Å². The maximum absolute atomic E-state index is 11.8. The van der Waals surface area contributed by atoms with Crippen molar-refractivity contribution >= 4 is 5.91 Å². The SMILES string of the molecule is CCN(C)C(=O)CNC1CCN(Cc2ccccc2)CC1. The Balaban J connectivity index is 1.67. The molecule has 21 heavy (non-hydrogen) atoms. The fourth-order valence-corrected chi connectivity index (χ4v) is 2.68. The summed E-state index contributed by atoms with van der Waals surface area (Å²) in [5.74, 6) is 0.184. The third-order valence-electron chi connectivity index (χ3n) is 4.28. The van der Waals surface area contributed by atoms with Crippen LogP contribution >= 0.6 is 0 Å². The average molecular weight is 289 g/mol. The fraction of sp³-hybridized carbons (Fsp3) is 0.588. The minimum absolute atomic E-state index is 0.184. The zero-order valence-electron chi connectivity index (χ0n) is 13.2. The quantitative estimate of drug-likeness (QED) is 0.866. The molecule has 0 saturated carbocycles. The van der Waals surface area contributed by atoms with E-state index in [4.69, 9.17) is 0 Å². The van der Waals surface area contributed by atoms with Crippen LogP contribution in [-0.4, -0.2) is 55.0 Å².